The van der Waals surface area contributed by atoms with Crippen LogP contribution in [0.25, 0.3) is 0 Å². The van der Waals surface area contributed by atoms with Crippen LogP contribution in [0.3, 0.4) is 0 Å². The Hall–Kier alpha value is -1.98. The average molecular weight is 293 g/mol. The molecule has 2 N–H and O–H groups in total. The van der Waals surface area contributed by atoms with E-state index in [-0.39, 0.29) is 24.0 Å². The largest absolute Gasteiger partial charge is 0.464 e. The smallest absolute Gasteiger partial charge is 0.318 e. The molecule has 116 valence electrons. The molecule has 6 nitrogen and oxygen atoms in total. The third kappa shape index (κ3) is 4.24. The molecule has 1 aromatic heterocycles. The Morgan fingerprint density at radius 1 is 1.43 bits per heavy atom. The number of nitrogens with one attached hydrogen (secondary N) is 2. The fraction of sp³-hybridized carbons (Fsp3) is 0.600. The molecular weight excluding hydrogens is 270 g/mol. The van der Waals surface area contributed by atoms with Crippen LogP contribution in [0.1, 0.15) is 44.3 Å². The highest BCUT2D eigenvalue weighted by Crippen LogP contribution is 2.17. The number of carbonyl (C=O) groups is 2. The topological polar surface area (TPSA) is 74.6 Å². The zero-order valence-electron chi connectivity index (χ0n) is 12.8. The lowest BCUT2D eigenvalue weighted by atomic mass is 10.1. The predicted octanol–water partition coefficient (Wildman–Crippen LogP) is 1.96. The Morgan fingerprint density at radius 3 is 2.81 bits per heavy atom. The summed E-state index contributed by atoms with van der Waals surface area (Å²) in [5, 5.41) is 5.81. The zero-order chi connectivity index (χ0) is 15.4. The molecule has 1 saturated heterocycles. The van der Waals surface area contributed by atoms with Gasteiger partial charge in [0.25, 0.3) is 0 Å². The summed E-state index contributed by atoms with van der Waals surface area (Å²) in [5.41, 5.74) is 0. The number of urea groups is 1. The van der Waals surface area contributed by atoms with E-state index < -0.39 is 0 Å². The van der Waals surface area contributed by atoms with Crippen molar-refractivity contribution >= 4 is 11.9 Å². The van der Waals surface area contributed by atoms with Gasteiger partial charge in [-0.3, -0.25) is 4.79 Å². The second-order valence-electron chi connectivity index (χ2n) is 5.61. The average Bonchev–Trinajstić information content (AvgIpc) is 2.85. The van der Waals surface area contributed by atoms with Crippen molar-refractivity contribution in [3.8, 4) is 0 Å². The number of furan rings is 1. The Kier molecular flexibility index (Phi) is 4.88. The highest BCUT2D eigenvalue weighted by atomic mass is 16.3. The summed E-state index contributed by atoms with van der Waals surface area (Å²) in [4.78, 5) is 25.1. The molecule has 0 spiro atoms. The van der Waals surface area contributed by atoms with E-state index in [9.17, 15) is 9.59 Å². The number of hydrogen-bond donors (Lipinski definition) is 2. The highest BCUT2D eigenvalue weighted by molar-refractivity contribution is 5.75. The minimum atomic E-state index is -0.174. The Bertz CT molecular complexity index is 512. The molecule has 0 aliphatic carbocycles. The third-order valence-corrected chi connectivity index (χ3v) is 3.64. The SMILES string of the molecule is CC(=O)N[C@H]1CCCN(C(=O)N[C@H](C)c2ccc(C)o2)C1. The molecule has 1 aliphatic heterocycles. The van der Waals surface area contributed by atoms with E-state index in [2.05, 4.69) is 10.6 Å². The van der Waals surface area contributed by atoms with Gasteiger partial charge in [-0.05, 0) is 38.8 Å². The summed E-state index contributed by atoms with van der Waals surface area (Å²) < 4.78 is 5.52. The summed E-state index contributed by atoms with van der Waals surface area (Å²) >= 11 is 0. The second kappa shape index (κ2) is 6.65. The summed E-state index contributed by atoms with van der Waals surface area (Å²) in [5.74, 6) is 1.52. The molecule has 2 atom stereocenters. The number of amides is 3. The van der Waals surface area contributed by atoms with Crippen molar-refractivity contribution in [3.05, 3.63) is 23.7 Å². The van der Waals surface area contributed by atoms with Gasteiger partial charge in [0, 0.05) is 26.1 Å². The van der Waals surface area contributed by atoms with E-state index in [0.717, 1.165) is 24.4 Å². The van der Waals surface area contributed by atoms with E-state index in [1.807, 2.05) is 26.0 Å². The molecule has 0 saturated carbocycles. The standard InChI is InChI=1S/C15H23N3O3/c1-10-6-7-14(21-10)11(2)16-15(20)18-8-4-5-13(9-18)17-12(3)19/h6-7,11,13H,4-5,8-9H2,1-3H3,(H,16,20)(H,17,19)/t11-,13+/m1/s1. The van der Waals surface area contributed by atoms with Crippen LogP contribution in [0.15, 0.2) is 16.5 Å². The van der Waals surface area contributed by atoms with E-state index >= 15 is 0 Å². The molecule has 1 fully saturated rings. The van der Waals surface area contributed by atoms with Gasteiger partial charge in [-0.25, -0.2) is 4.79 Å². The monoisotopic (exact) mass is 293 g/mol. The zero-order valence-corrected chi connectivity index (χ0v) is 12.8. The number of hydrogen-bond acceptors (Lipinski definition) is 3. The highest BCUT2D eigenvalue weighted by Gasteiger charge is 2.25. The van der Waals surface area contributed by atoms with Gasteiger partial charge in [-0.1, -0.05) is 0 Å². The molecule has 0 radical (unpaired) electrons. The number of carbonyl (C=O) groups excluding carboxylic acids is 2. The van der Waals surface area contributed by atoms with Crippen molar-refractivity contribution in [3.63, 3.8) is 0 Å². The van der Waals surface area contributed by atoms with Crippen LogP contribution in [0.4, 0.5) is 4.79 Å². The van der Waals surface area contributed by atoms with Gasteiger partial charge < -0.3 is 20.0 Å². The van der Waals surface area contributed by atoms with Crippen molar-refractivity contribution in [1.29, 1.82) is 0 Å². The third-order valence-electron chi connectivity index (χ3n) is 3.64. The summed E-state index contributed by atoms with van der Waals surface area (Å²) in [6.07, 6.45) is 1.81. The number of aryl methyl sites for hydroxylation is 1. The molecule has 0 unspecified atom stereocenters. The number of piperidine rings is 1. The fourth-order valence-corrected chi connectivity index (χ4v) is 2.60. The number of rotatable bonds is 3. The van der Waals surface area contributed by atoms with Crippen LogP contribution in [-0.4, -0.2) is 36.0 Å². The normalized spacial score (nSPS) is 20.0. The summed E-state index contributed by atoms with van der Waals surface area (Å²) in [6.45, 7) is 6.54. The molecular formula is C15H23N3O3. The summed E-state index contributed by atoms with van der Waals surface area (Å²) in [7, 11) is 0. The Balaban J connectivity index is 1.89. The van der Waals surface area contributed by atoms with Crippen molar-refractivity contribution in [2.45, 2.75) is 45.7 Å². The van der Waals surface area contributed by atoms with Crippen LogP contribution in [0.2, 0.25) is 0 Å². The van der Waals surface area contributed by atoms with Crippen molar-refractivity contribution in [2.24, 2.45) is 0 Å². The first kappa shape index (κ1) is 15.4. The van der Waals surface area contributed by atoms with Gasteiger partial charge in [0.2, 0.25) is 5.91 Å². The van der Waals surface area contributed by atoms with Gasteiger partial charge >= 0.3 is 6.03 Å². The lowest BCUT2D eigenvalue weighted by molar-refractivity contribution is -0.119. The molecule has 1 aliphatic rings. The lowest BCUT2D eigenvalue weighted by Gasteiger charge is -2.33. The van der Waals surface area contributed by atoms with Crippen LogP contribution in [0.5, 0.6) is 0 Å². The molecule has 2 heterocycles. The van der Waals surface area contributed by atoms with Crippen LogP contribution in [0, 0.1) is 6.92 Å². The molecule has 21 heavy (non-hydrogen) atoms. The minimum absolute atomic E-state index is 0.0446. The molecule has 3 amide bonds. The van der Waals surface area contributed by atoms with Gasteiger partial charge in [0.15, 0.2) is 0 Å². The van der Waals surface area contributed by atoms with Gasteiger partial charge in [0.1, 0.15) is 11.5 Å². The maximum Gasteiger partial charge on any atom is 0.318 e. The predicted molar refractivity (Wildman–Crippen MR) is 78.8 cm³/mol. The van der Waals surface area contributed by atoms with Crippen molar-refractivity contribution < 1.29 is 14.0 Å². The minimum Gasteiger partial charge on any atom is -0.464 e. The van der Waals surface area contributed by atoms with Crippen molar-refractivity contribution in [2.75, 3.05) is 13.1 Å². The van der Waals surface area contributed by atoms with Crippen LogP contribution >= 0.6 is 0 Å². The number of nitrogens with zero attached hydrogens (tertiary/aromatic N) is 1. The first-order valence-corrected chi connectivity index (χ1v) is 7.34. The molecule has 1 aromatic rings. The maximum atomic E-state index is 12.3. The van der Waals surface area contributed by atoms with Gasteiger partial charge in [-0.15, -0.1) is 0 Å². The van der Waals surface area contributed by atoms with Crippen molar-refractivity contribution in [1.82, 2.24) is 15.5 Å². The second-order valence-corrected chi connectivity index (χ2v) is 5.61. The molecule has 2 rings (SSSR count). The van der Waals surface area contributed by atoms with Gasteiger partial charge in [-0.2, -0.15) is 0 Å². The molecule has 6 heteroatoms. The first-order chi connectivity index (χ1) is 9.95. The number of likely N-dealkylation sites (tertiary alicyclic amines) is 1. The van der Waals surface area contributed by atoms with Gasteiger partial charge in [0.05, 0.1) is 6.04 Å². The lowest BCUT2D eigenvalue weighted by Crippen LogP contribution is -2.52. The van der Waals surface area contributed by atoms with E-state index in [1.165, 1.54) is 6.92 Å². The van der Waals surface area contributed by atoms with E-state index in [1.54, 1.807) is 4.90 Å². The quantitative estimate of drug-likeness (QED) is 0.894. The van der Waals surface area contributed by atoms with E-state index in [0.29, 0.717) is 13.1 Å². The van der Waals surface area contributed by atoms with E-state index in [4.69, 9.17) is 4.42 Å². The Morgan fingerprint density at radius 2 is 2.19 bits per heavy atom. The van der Waals surface area contributed by atoms with Crippen LogP contribution in [-0.2, 0) is 4.79 Å². The first-order valence-electron chi connectivity index (χ1n) is 7.34. The maximum absolute atomic E-state index is 12.3. The van der Waals surface area contributed by atoms with Crippen LogP contribution < -0.4 is 10.6 Å². The summed E-state index contributed by atoms with van der Waals surface area (Å²) in [6, 6.07) is 3.50. The Labute approximate surface area is 124 Å². The molecule has 0 bridgehead atoms. The fourth-order valence-electron chi connectivity index (χ4n) is 2.60. The molecule has 0 aromatic carbocycles.